The molecule has 82 valence electrons. The number of aromatic nitrogens is 1. The Morgan fingerprint density at radius 3 is 2.87 bits per heavy atom. The number of ether oxygens (including phenoxy) is 1. The highest BCUT2D eigenvalue weighted by molar-refractivity contribution is 5.76. The molecule has 0 aliphatic carbocycles. The zero-order valence-corrected chi connectivity index (χ0v) is 8.90. The van der Waals surface area contributed by atoms with Gasteiger partial charge >= 0.3 is 0 Å². The van der Waals surface area contributed by atoms with E-state index >= 15 is 0 Å². The van der Waals surface area contributed by atoms with Gasteiger partial charge in [0, 0.05) is 32.5 Å². The molecule has 0 radical (unpaired) electrons. The molecule has 0 saturated heterocycles. The normalized spacial score (nSPS) is 9.93. The van der Waals surface area contributed by atoms with Gasteiger partial charge < -0.3 is 10.1 Å². The predicted molar refractivity (Wildman–Crippen MR) is 57.4 cm³/mol. The Bertz CT molecular complexity index is 288. The lowest BCUT2D eigenvalue weighted by atomic mass is 10.1. The van der Waals surface area contributed by atoms with Crippen molar-refractivity contribution in [2.45, 2.75) is 12.8 Å². The van der Waals surface area contributed by atoms with Gasteiger partial charge in [-0.3, -0.25) is 9.78 Å². The molecule has 1 aromatic rings. The number of hydrogen-bond donors (Lipinski definition) is 1. The van der Waals surface area contributed by atoms with E-state index in [1.165, 1.54) is 0 Å². The summed E-state index contributed by atoms with van der Waals surface area (Å²) in [7, 11) is 1.61. The van der Waals surface area contributed by atoms with Gasteiger partial charge in [0.1, 0.15) is 0 Å². The van der Waals surface area contributed by atoms with Gasteiger partial charge in [0.15, 0.2) is 0 Å². The van der Waals surface area contributed by atoms with Crippen LogP contribution in [-0.4, -0.2) is 31.2 Å². The number of rotatable bonds is 6. The summed E-state index contributed by atoms with van der Waals surface area (Å²) in [6, 6.07) is 3.84. The average Bonchev–Trinajstić information content (AvgIpc) is 2.28. The van der Waals surface area contributed by atoms with Gasteiger partial charge in [-0.15, -0.1) is 0 Å². The van der Waals surface area contributed by atoms with Crippen molar-refractivity contribution in [3.63, 3.8) is 0 Å². The first-order chi connectivity index (χ1) is 7.33. The molecule has 0 aliphatic rings. The molecule has 4 heteroatoms. The maximum Gasteiger partial charge on any atom is 0.220 e. The van der Waals surface area contributed by atoms with E-state index in [1.54, 1.807) is 19.5 Å². The van der Waals surface area contributed by atoms with Crippen LogP contribution in [0.1, 0.15) is 12.0 Å². The van der Waals surface area contributed by atoms with E-state index in [-0.39, 0.29) is 5.91 Å². The van der Waals surface area contributed by atoms with Crippen LogP contribution in [0.25, 0.3) is 0 Å². The number of carbonyl (C=O) groups is 1. The highest BCUT2D eigenvalue weighted by atomic mass is 16.5. The van der Waals surface area contributed by atoms with Crippen LogP contribution in [0.4, 0.5) is 0 Å². The first kappa shape index (κ1) is 11.7. The summed E-state index contributed by atoms with van der Waals surface area (Å²) in [6.07, 6.45) is 4.73. The third-order valence-corrected chi connectivity index (χ3v) is 2.02. The molecule has 0 saturated carbocycles. The minimum Gasteiger partial charge on any atom is -0.383 e. The Labute approximate surface area is 89.7 Å². The van der Waals surface area contributed by atoms with E-state index < -0.39 is 0 Å². The summed E-state index contributed by atoms with van der Waals surface area (Å²) in [5.41, 5.74) is 1.13. The topological polar surface area (TPSA) is 51.2 Å². The number of methoxy groups -OCH3 is 1. The highest BCUT2D eigenvalue weighted by Gasteiger charge is 2.00. The van der Waals surface area contributed by atoms with Gasteiger partial charge in [-0.25, -0.2) is 0 Å². The smallest absolute Gasteiger partial charge is 0.220 e. The molecule has 1 N–H and O–H groups in total. The van der Waals surface area contributed by atoms with E-state index in [4.69, 9.17) is 4.74 Å². The van der Waals surface area contributed by atoms with Gasteiger partial charge in [0.25, 0.3) is 0 Å². The molecule has 0 fully saturated rings. The van der Waals surface area contributed by atoms with Crippen molar-refractivity contribution < 1.29 is 9.53 Å². The number of amides is 1. The lowest BCUT2D eigenvalue weighted by Gasteiger charge is -2.04. The second kappa shape index (κ2) is 6.95. The first-order valence-electron chi connectivity index (χ1n) is 4.97. The summed E-state index contributed by atoms with van der Waals surface area (Å²) in [5.74, 6) is 0.0591. The Morgan fingerprint density at radius 1 is 1.47 bits per heavy atom. The Kier molecular flexibility index (Phi) is 5.40. The van der Waals surface area contributed by atoms with Crippen molar-refractivity contribution in [3.8, 4) is 0 Å². The number of nitrogens with one attached hydrogen (secondary N) is 1. The molecule has 1 rings (SSSR count). The average molecular weight is 208 g/mol. The number of pyridine rings is 1. The molecule has 0 spiro atoms. The number of hydrogen-bond acceptors (Lipinski definition) is 3. The lowest BCUT2D eigenvalue weighted by Crippen LogP contribution is -2.27. The van der Waals surface area contributed by atoms with Crippen LogP contribution in [0.15, 0.2) is 24.5 Å². The van der Waals surface area contributed by atoms with E-state index in [0.29, 0.717) is 19.6 Å². The fourth-order valence-corrected chi connectivity index (χ4v) is 1.19. The standard InChI is InChI=1S/C11H16N2O2/c1-15-9-8-13-11(14)3-2-10-4-6-12-7-5-10/h4-7H,2-3,8-9H2,1H3,(H,13,14). The van der Waals surface area contributed by atoms with Crippen molar-refractivity contribution in [1.82, 2.24) is 10.3 Å². The molecule has 0 atom stereocenters. The molecule has 15 heavy (non-hydrogen) atoms. The van der Waals surface area contributed by atoms with Crippen molar-refractivity contribution in [2.24, 2.45) is 0 Å². The molecule has 0 bridgehead atoms. The Hall–Kier alpha value is -1.42. The fraction of sp³-hybridized carbons (Fsp3) is 0.455. The summed E-state index contributed by atoms with van der Waals surface area (Å²) in [6.45, 7) is 1.13. The molecular weight excluding hydrogens is 192 g/mol. The maximum absolute atomic E-state index is 11.3. The number of aryl methyl sites for hydroxylation is 1. The molecule has 0 aromatic carbocycles. The largest absolute Gasteiger partial charge is 0.383 e. The van der Waals surface area contributed by atoms with Gasteiger partial charge in [-0.1, -0.05) is 0 Å². The van der Waals surface area contributed by atoms with Crippen molar-refractivity contribution in [2.75, 3.05) is 20.3 Å². The number of carbonyl (C=O) groups excluding carboxylic acids is 1. The molecule has 0 aliphatic heterocycles. The van der Waals surface area contributed by atoms with E-state index in [9.17, 15) is 4.79 Å². The van der Waals surface area contributed by atoms with Crippen LogP contribution < -0.4 is 5.32 Å². The maximum atomic E-state index is 11.3. The molecule has 1 heterocycles. The zero-order valence-electron chi connectivity index (χ0n) is 8.90. The summed E-state index contributed by atoms with van der Waals surface area (Å²) >= 11 is 0. The SMILES string of the molecule is COCCNC(=O)CCc1ccncc1. The monoisotopic (exact) mass is 208 g/mol. The minimum absolute atomic E-state index is 0.0591. The molecule has 0 unspecified atom stereocenters. The second-order valence-corrected chi connectivity index (χ2v) is 3.20. The quantitative estimate of drug-likeness (QED) is 0.703. The van der Waals surface area contributed by atoms with Gasteiger partial charge in [-0.2, -0.15) is 0 Å². The van der Waals surface area contributed by atoms with E-state index in [1.807, 2.05) is 12.1 Å². The van der Waals surface area contributed by atoms with E-state index in [2.05, 4.69) is 10.3 Å². The molecule has 1 aromatic heterocycles. The van der Waals surface area contributed by atoms with Crippen LogP contribution in [0.2, 0.25) is 0 Å². The Morgan fingerprint density at radius 2 is 2.20 bits per heavy atom. The van der Waals surface area contributed by atoms with E-state index in [0.717, 1.165) is 12.0 Å². The van der Waals surface area contributed by atoms with Gasteiger partial charge in [-0.05, 0) is 24.1 Å². The molecule has 4 nitrogen and oxygen atoms in total. The predicted octanol–water partition coefficient (Wildman–Crippen LogP) is 0.777. The van der Waals surface area contributed by atoms with Crippen molar-refractivity contribution >= 4 is 5.91 Å². The first-order valence-corrected chi connectivity index (χ1v) is 4.97. The minimum atomic E-state index is 0.0591. The number of nitrogens with zero attached hydrogens (tertiary/aromatic N) is 1. The fourth-order valence-electron chi connectivity index (χ4n) is 1.19. The van der Waals surface area contributed by atoms with Crippen LogP contribution >= 0.6 is 0 Å². The van der Waals surface area contributed by atoms with Crippen molar-refractivity contribution in [1.29, 1.82) is 0 Å². The summed E-state index contributed by atoms with van der Waals surface area (Å²) < 4.78 is 4.83. The summed E-state index contributed by atoms with van der Waals surface area (Å²) in [5, 5.41) is 2.77. The molecular formula is C11H16N2O2. The van der Waals surface area contributed by atoms with Crippen LogP contribution in [0.5, 0.6) is 0 Å². The summed E-state index contributed by atoms with van der Waals surface area (Å²) in [4.78, 5) is 15.2. The zero-order chi connectivity index (χ0) is 10.9. The molecule has 1 amide bonds. The highest BCUT2D eigenvalue weighted by Crippen LogP contribution is 2.00. The third-order valence-electron chi connectivity index (χ3n) is 2.02. The second-order valence-electron chi connectivity index (χ2n) is 3.20. The Balaban J connectivity index is 2.17. The van der Waals surface area contributed by atoms with Crippen molar-refractivity contribution in [3.05, 3.63) is 30.1 Å². The van der Waals surface area contributed by atoms with Gasteiger partial charge in [0.05, 0.1) is 6.61 Å². The van der Waals surface area contributed by atoms with Crippen LogP contribution in [0, 0.1) is 0 Å². The van der Waals surface area contributed by atoms with Crippen LogP contribution in [-0.2, 0) is 16.0 Å². The van der Waals surface area contributed by atoms with Crippen LogP contribution in [0.3, 0.4) is 0 Å². The third kappa shape index (κ3) is 5.12. The lowest BCUT2D eigenvalue weighted by molar-refractivity contribution is -0.121. The van der Waals surface area contributed by atoms with Gasteiger partial charge in [0.2, 0.25) is 5.91 Å².